The number of nitrogens with one attached hydrogen (secondary N) is 1. The SMILES string of the molecule is CC(C)c1ccccc1NC(=O)CC(C)c1ccccc1. The fraction of sp³-hybridized carbons (Fsp3) is 0.316. The van der Waals surface area contributed by atoms with Crippen molar-refractivity contribution in [2.45, 2.75) is 39.0 Å². The van der Waals surface area contributed by atoms with Gasteiger partial charge in [-0.25, -0.2) is 0 Å². The van der Waals surface area contributed by atoms with E-state index in [-0.39, 0.29) is 11.8 Å². The predicted molar refractivity (Wildman–Crippen MR) is 88.6 cm³/mol. The van der Waals surface area contributed by atoms with E-state index in [0.29, 0.717) is 12.3 Å². The Labute approximate surface area is 127 Å². The lowest BCUT2D eigenvalue weighted by molar-refractivity contribution is -0.116. The van der Waals surface area contributed by atoms with Gasteiger partial charge in [-0.05, 0) is 29.0 Å². The Hall–Kier alpha value is -2.09. The van der Waals surface area contributed by atoms with Crippen LogP contribution in [0.15, 0.2) is 54.6 Å². The summed E-state index contributed by atoms with van der Waals surface area (Å²) in [4.78, 5) is 12.3. The van der Waals surface area contributed by atoms with Crippen molar-refractivity contribution >= 4 is 11.6 Å². The highest BCUT2D eigenvalue weighted by Gasteiger charge is 2.13. The third kappa shape index (κ3) is 4.19. The fourth-order valence-corrected chi connectivity index (χ4v) is 2.49. The Bertz CT molecular complexity index is 590. The lowest BCUT2D eigenvalue weighted by atomic mass is 9.97. The summed E-state index contributed by atoms with van der Waals surface area (Å²) >= 11 is 0. The molecule has 21 heavy (non-hydrogen) atoms. The van der Waals surface area contributed by atoms with Gasteiger partial charge >= 0.3 is 0 Å². The van der Waals surface area contributed by atoms with Crippen LogP contribution < -0.4 is 5.32 Å². The van der Waals surface area contributed by atoms with E-state index < -0.39 is 0 Å². The van der Waals surface area contributed by atoms with Crippen molar-refractivity contribution in [1.82, 2.24) is 0 Å². The standard InChI is InChI=1S/C19H23NO/c1-14(2)17-11-7-8-12-18(17)20-19(21)13-15(3)16-9-5-4-6-10-16/h4-12,14-15H,13H2,1-3H3,(H,20,21). The Morgan fingerprint density at radius 3 is 2.24 bits per heavy atom. The molecular formula is C19H23NO. The molecule has 2 nitrogen and oxygen atoms in total. The molecule has 0 fully saturated rings. The number of hydrogen-bond donors (Lipinski definition) is 1. The van der Waals surface area contributed by atoms with Gasteiger partial charge in [-0.3, -0.25) is 4.79 Å². The van der Waals surface area contributed by atoms with Gasteiger partial charge in [0.15, 0.2) is 0 Å². The van der Waals surface area contributed by atoms with Gasteiger partial charge in [-0.15, -0.1) is 0 Å². The summed E-state index contributed by atoms with van der Waals surface area (Å²) in [6.07, 6.45) is 0.496. The number of anilines is 1. The smallest absolute Gasteiger partial charge is 0.224 e. The first-order chi connectivity index (χ1) is 10.1. The molecule has 0 aliphatic carbocycles. The van der Waals surface area contributed by atoms with Gasteiger partial charge in [0, 0.05) is 12.1 Å². The van der Waals surface area contributed by atoms with Crippen molar-refractivity contribution in [3.63, 3.8) is 0 Å². The van der Waals surface area contributed by atoms with Gasteiger partial charge < -0.3 is 5.32 Å². The van der Waals surface area contributed by atoms with Crippen molar-refractivity contribution in [2.24, 2.45) is 0 Å². The van der Waals surface area contributed by atoms with Crippen molar-refractivity contribution in [2.75, 3.05) is 5.32 Å². The molecular weight excluding hydrogens is 258 g/mol. The molecule has 1 amide bonds. The van der Waals surface area contributed by atoms with Crippen LogP contribution in [0.3, 0.4) is 0 Å². The number of para-hydroxylation sites is 1. The normalized spacial score (nSPS) is 12.2. The maximum absolute atomic E-state index is 12.3. The van der Waals surface area contributed by atoms with Crippen LogP contribution in [0.2, 0.25) is 0 Å². The Morgan fingerprint density at radius 2 is 1.57 bits per heavy atom. The van der Waals surface area contributed by atoms with Crippen molar-refractivity contribution in [3.05, 3.63) is 65.7 Å². The van der Waals surface area contributed by atoms with Gasteiger partial charge in [-0.2, -0.15) is 0 Å². The number of carbonyl (C=O) groups excluding carboxylic acids is 1. The minimum Gasteiger partial charge on any atom is -0.326 e. The highest BCUT2D eigenvalue weighted by molar-refractivity contribution is 5.92. The van der Waals surface area contributed by atoms with E-state index in [1.54, 1.807) is 0 Å². The summed E-state index contributed by atoms with van der Waals surface area (Å²) in [5.74, 6) is 0.685. The van der Waals surface area contributed by atoms with E-state index in [9.17, 15) is 4.79 Å². The average molecular weight is 281 g/mol. The van der Waals surface area contributed by atoms with Crippen LogP contribution in [0.1, 0.15) is 50.2 Å². The molecule has 0 aromatic heterocycles. The van der Waals surface area contributed by atoms with E-state index in [4.69, 9.17) is 0 Å². The molecule has 0 spiro atoms. The largest absolute Gasteiger partial charge is 0.326 e. The quantitative estimate of drug-likeness (QED) is 0.826. The first kappa shape index (κ1) is 15.3. The van der Waals surface area contributed by atoms with E-state index in [1.807, 2.05) is 36.4 Å². The molecule has 0 aliphatic rings. The Balaban J connectivity index is 2.02. The molecule has 0 saturated carbocycles. The molecule has 2 aromatic carbocycles. The lowest BCUT2D eigenvalue weighted by Gasteiger charge is -2.15. The molecule has 0 heterocycles. The molecule has 2 rings (SSSR count). The van der Waals surface area contributed by atoms with Crippen molar-refractivity contribution in [1.29, 1.82) is 0 Å². The molecule has 1 N–H and O–H groups in total. The van der Waals surface area contributed by atoms with E-state index in [2.05, 4.69) is 44.3 Å². The third-order valence-electron chi connectivity index (χ3n) is 3.72. The highest BCUT2D eigenvalue weighted by Crippen LogP contribution is 2.25. The van der Waals surface area contributed by atoms with Crippen LogP contribution >= 0.6 is 0 Å². The lowest BCUT2D eigenvalue weighted by Crippen LogP contribution is -2.15. The van der Waals surface area contributed by atoms with Crippen LogP contribution in [0, 0.1) is 0 Å². The molecule has 0 aliphatic heterocycles. The van der Waals surface area contributed by atoms with Gasteiger partial charge in [-0.1, -0.05) is 69.3 Å². The summed E-state index contributed by atoms with van der Waals surface area (Å²) in [7, 11) is 0. The summed E-state index contributed by atoms with van der Waals surface area (Å²) in [6, 6.07) is 18.2. The van der Waals surface area contributed by atoms with Gasteiger partial charge in [0.2, 0.25) is 5.91 Å². The fourth-order valence-electron chi connectivity index (χ4n) is 2.49. The zero-order valence-corrected chi connectivity index (χ0v) is 13.0. The zero-order chi connectivity index (χ0) is 15.2. The summed E-state index contributed by atoms with van der Waals surface area (Å²) in [5.41, 5.74) is 3.31. The number of hydrogen-bond acceptors (Lipinski definition) is 1. The number of carbonyl (C=O) groups is 1. The monoisotopic (exact) mass is 281 g/mol. The first-order valence-corrected chi connectivity index (χ1v) is 7.51. The molecule has 0 bridgehead atoms. The van der Waals surface area contributed by atoms with Crippen molar-refractivity contribution < 1.29 is 4.79 Å². The Kier molecular flexibility index (Phi) is 5.15. The topological polar surface area (TPSA) is 29.1 Å². The minimum atomic E-state index is 0.0689. The van der Waals surface area contributed by atoms with Crippen molar-refractivity contribution in [3.8, 4) is 0 Å². The third-order valence-corrected chi connectivity index (χ3v) is 3.72. The maximum atomic E-state index is 12.3. The molecule has 1 atom stereocenters. The average Bonchev–Trinajstić information content (AvgIpc) is 2.48. The molecule has 110 valence electrons. The predicted octanol–water partition coefficient (Wildman–Crippen LogP) is 4.94. The highest BCUT2D eigenvalue weighted by atomic mass is 16.1. The number of amides is 1. The van der Waals surface area contributed by atoms with Gasteiger partial charge in [0.1, 0.15) is 0 Å². The van der Waals surface area contributed by atoms with Crippen LogP contribution in [0.4, 0.5) is 5.69 Å². The molecule has 0 radical (unpaired) electrons. The molecule has 2 heteroatoms. The molecule has 2 aromatic rings. The van der Waals surface area contributed by atoms with Crippen LogP contribution in [-0.4, -0.2) is 5.91 Å². The van der Waals surface area contributed by atoms with E-state index >= 15 is 0 Å². The van der Waals surface area contributed by atoms with Gasteiger partial charge in [0.05, 0.1) is 0 Å². The van der Waals surface area contributed by atoms with Crippen LogP contribution in [0.5, 0.6) is 0 Å². The van der Waals surface area contributed by atoms with E-state index in [1.165, 1.54) is 11.1 Å². The summed E-state index contributed by atoms with van der Waals surface area (Å²) < 4.78 is 0. The van der Waals surface area contributed by atoms with Crippen LogP contribution in [-0.2, 0) is 4.79 Å². The first-order valence-electron chi connectivity index (χ1n) is 7.51. The minimum absolute atomic E-state index is 0.0689. The second kappa shape index (κ2) is 7.07. The number of rotatable bonds is 5. The second-order valence-electron chi connectivity index (χ2n) is 5.81. The van der Waals surface area contributed by atoms with Gasteiger partial charge in [0.25, 0.3) is 0 Å². The van der Waals surface area contributed by atoms with E-state index in [0.717, 1.165) is 5.69 Å². The zero-order valence-electron chi connectivity index (χ0n) is 13.0. The summed E-state index contributed by atoms with van der Waals surface area (Å²) in [6.45, 7) is 6.36. The maximum Gasteiger partial charge on any atom is 0.224 e. The number of benzene rings is 2. The van der Waals surface area contributed by atoms with Crippen LogP contribution in [0.25, 0.3) is 0 Å². The second-order valence-corrected chi connectivity index (χ2v) is 5.81. The summed E-state index contributed by atoms with van der Waals surface area (Å²) in [5, 5.41) is 3.05. The molecule has 0 saturated heterocycles. The molecule has 1 unspecified atom stereocenters. The Morgan fingerprint density at radius 1 is 0.952 bits per heavy atom.